The van der Waals surface area contributed by atoms with E-state index in [4.69, 9.17) is 20.8 Å². The number of halogens is 2. The first-order chi connectivity index (χ1) is 17.7. The molecule has 0 fully saturated rings. The van der Waals surface area contributed by atoms with Crippen molar-refractivity contribution in [3.05, 3.63) is 80.3 Å². The lowest BCUT2D eigenvalue weighted by atomic mass is 9.99. The second-order valence-electron chi connectivity index (χ2n) is 11.6. The fourth-order valence-corrected chi connectivity index (χ4v) is 5.36. The number of hydrogen-bond acceptors (Lipinski definition) is 4. The van der Waals surface area contributed by atoms with Crippen LogP contribution in [-0.2, 0) is 15.6 Å². The molecule has 0 aliphatic rings. The van der Waals surface area contributed by atoms with Gasteiger partial charge in [-0.2, -0.15) is 0 Å². The molecule has 1 heterocycles. The fourth-order valence-electron chi connectivity index (χ4n) is 4.15. The van der Waals surface area contributed by atoms with Gasteiger partial charge in [0.15, 0.2) is 8.32 Å². The van der Waals surface area contributed by atoms with Crippen molar-refractivity contribution < 1.29 is 18.3 Å². The van der Waals surface area contributed by atoms with Crippen molar-refractivity contribution >= 4 is 36.8 Å². The number of fused-ring (bicyclic) bond motifs is 1. The van der Waals surface area contributed by atoms with Crippen molar-refractivity contribution in [3.63, 3.8) is 0 Å². The summed E-state index contributed by atoms with van der Waals surface area (Å²) in [6, 6.07) is 10.2. The SMILES string of the molecule is CCOC(=O)c1cn([C@H](CO[Si](C)(C)C(C)(C)C)C(C)C)c2ccc(Cc3cccc(Cl)c3F)cc2c1=O. The highest BCUT2D eigenvalue weighted by molar-refractivity contribution is 6.74. The Hall–Kier alpha value is -2.48. The third-order valence-corrected chi connectivity index (χ3v) is 12.4. The normalized spacial score (nSPS) is 13.2. The molecule has 0 aliphatic heterocycles. The van der Waals surface area contributed by atoms with Gasteiger partial charge >= 0.3 is 5.97 Å². The van der Waals surface area contributed by atoms with E-state index >= 15 is 0 Å². The fraction of sp³-hybridized carbons (Fsp3) is 0.467. The van der Waals surface area contributed by atoms with Crippen LogP contribution in [0.15, 0.2) is 47.4 Å². The molecule has 3 rings (SSSR count). The Bertz CT molecular complexity index is 1380. The van der Waals surface area contributed by atoms with E-state index in [-0.39, 0.29) is 40.6 Å². The van der Waals surface area contributed by atoms with Crippen molar-refractivity contribution in [1.29, 1.82) is 0 Å². The van der Waals surface area contributed by atoms with Crippen LogP contribution in [0.1, 0.15) is 69.1 Å². The number of rotatable bonds is 9. The second-order valence-corrected chi connectivity index (χ2v) is 16.8. The van der Waals surface area contributed by atoms with Gasteiger partial charge in [-0.1, -0.05) is 64.4 Å². The van der Waals surface area contributed by atoms with Crippen LogP contribution in [0.25, 0.3) is 10.9 Å². The van der Waals surface area contributed by atoms with Crippen molar-refractivity contribution in [2.75, 3.05) is 13.2 Å². The summed E-state index contributed by atoms with van der Waals surface area (Å²) in [7, 11) is -2.05. The summed E-state index contributed by atoms with van der Waals surface area (Å²) in [4.78, 5) is 26.4. The summed E-state index contributed by atoms with van der Waals surface area (Å²) < 4.78 is 28.4. The molecule has 0 amide bonds. The van der Waals surface area contributed by atoms with Gasteiger partial charge in [-0.05, 0) is 60.3 Å². The molecule has 0 saturated carbocycles. The number of ether oxygens (including phenoxy) is 1. The van der Waals surface area contributed by atoms with E-state index in [1.807, 2.05) is 16.7 Å². The number of carbonyl (C=O) groups excluding carboxylic acids is 1. The van der Waals surface area contributed by atoms with Crippen molar-refractivity contribution in [1.82, 2.24) is 4.57 Å². The highest BCUT2D eigenvalue weighted by atomic mass is 35.5. The molecule has 5 nitrogen and oxygen atoms in total. The first-order valence-corrected chi connectivity index (χ1v) is 16.4. The van der Waals surface area contributed by atoms with Crippen LogP contribution >= 0.6 is 11.6 Å². The molecule has 0 saturated heterocycles. The third-order valence-electron chi connectivity index (χ3n) is 7.57. The summed E-state index contributed by atoms with van der Waals surface area (Å²) in [6.45, 7) is 17.5. The Balaban J connectivity index is 2.17. The van der Waals surface area contributed by atoms with Crippen LogP contribution in [0, 0.1) is 11.7 Å². The summed E-state index contributed by atoms with van der Waals surface area (Å²) in [5.41, 5.74) is 1.43. The highest BCUT2D eigenvalue weighted by Crippen LogP contribution is 2.38. The Kier molecular flexibility index (Phi) is 9.27. The molecule has 0 unspecified atom stereocenters. The zero-order chi connectivity index (χ0) is 28.4. The van der Waals surface area contributed by atoms with E-state index in [9.17, 15) is 14.0 Å². The lowest BCUT2D eigenvalue weighted by Gasteiger charge is -2.38. The molecule has 206 valence electrons. The molecule has 1 aromatic heterocycles. The van der Waals surface area contributed by atoms with Crippen LogP contribution in [0.5, 0.6) is 0 Å². The molecule has 1 atom stereocenters. The maximum Gasteiger partial charge on any atom is 0.343 e. The number of nitrogens with zero attached hydrogens (tertiary/aromatic N) is 1. The van der Waals surface area contributed by atoms with Crippen molar-refractivity contribution in [3.8, 4) is 0 Å². The minimum absolute atomic E-state index is 0.0246. The standard InChI is InChI=1S/C30H39ClFNO4Si/c1-9-36-29(35)23-17-33(26(19(2)3)18-37-38(7,8)30(4,5)6)25-14-13-20(16-22(25)28(23)34)15-21-11-10-12-24(31)27(21)32/h10-14,16-17,19,26H,9,15,18H2,1-8H3/t26-/m1/s1. The average Bonchev–Trinajstić information content (AvgIpc) is 2.82. The molecule has 0 aliphatic carbocycles. The van der Waals surface area contributed by atoms with Gasteiger partial charge in [0.25, 0.3) is 0 Å². The van der Waals surface area contributed by atoms with Gasteiger partial charge in [0.2, 0.25) is 5.43 Å². The monoisotopic (exact) mass is 559 g/mol. The highest BCUT2D eigenvalue weighted by Gasteiger charge is 2.38. The zero-order valence-corrected chi connectivity index (χ0v) is 25.4. The van der Waals surface area contributed by atoms with Gasteiger partial charge in [0.1, 0.15) is 11.4 Å². The first-order valence-electron chi connectivity index (χ1n) is 13.1. The van der Waals surface area contributed by atoms with Gasteiger partial charge in [-0.3, -0.25) is 4.79 Å². The Morgan fingerprint density at radius 1 is 1.16 bits per heavy atom. The minimum Gasteiger partial charge on any atom is -0.462 e. The molecule has 0 spiro atoms. The number of benzene rings is 2. The van der Waals surface area contributed by atoms with Gasteiger partial charge in [-0.25, -0.2) is 9.18 Å². The molecule has 0 N–H and O–H groups in total. The molecule has 38 heavy (non-hydrogen) atoms. The van der Waals surface area contributed by atoms with E-state index in [2.05, 4.69) is 47.7 Å². The molecule has 2 aromatic carbocycles. The maximum atomic E-state index is 14.6. The van der Waals surface area contributed by atoms with Crippen LogP contribution in [0.2, 0.25) is 23.2 Å². The summed E-state index contributed by atoms with van der Waals surface area (Å²) in [5, 5.41) is 0.478. The molecule has 3 aromatic rings. The lowest BCUT2D eigenvalue weighted by Crippen LogP contribution is -2.42. The predicted molar refractivity (Wildman–Crippen MR) is 155 cm³/mol. The Morgan fingerprint density at radius 2 is 1.84 bits per heavy atom. The number of pyridine rings is 1. The van der Waals surface area contributed by atoms with Gasteiger partial charge in [-0.15, -0.1) is 0 Å². The Labute approximate surface area is 231 Å². The van der Waals surface area contributed by atoms with E-state index in [0.29, 0.717) is 23.1 Å². The van der Waals surface area contributed by atoms with Gasteiger partial charge < -0.3 is 13.7 Å². The number of hydrogen-bond donors (Lipinski definition) is 0. The predicted octanol–water partition coefficient (Wildman–Crippen LogP) is 7.78. The lowest BCUT2D eigenvalue weighted by molar-refractivity contribution is 0.0523. The van der Waals surface area contributed by atoms with Crippen LogP contribution in [0.3, 0.4) is 0 Å². The molecular formula is C30H39ClFNO4Si. The number of carbonyl (C=O) groups is 1. The number of aromatic nitrogens is 1. The van der Waals surface area contributed by atoms with Crippen molar-refractivity contribution in [2.45, 2.75) is 72.1 Å². The Morgan fingerprint density at radius 3 is 2.45 bits per heavy atom. The van der Waals surface area contributed by atoms with E-state index in [1.165, 1.54) is 6.07 Å². The number of esters is 1. The molecule has 0 radical (unpaired) electrons. The average molecular weight is 560 g/mol. The van der Waals surface area contributed by atoms with E-state index < -0.39 is 25.5 Å². The second kappa shape index (κ2) is 11.7. The minimum atomic E-state index is -2.05. The van der Waals surface area contributed by atoms with Crippen LogP contribution in [0.4, 0.5) is 4.39 Å². The van der Waals surface area contributed by atoms with Crippen molar-refractivity contribution in [2.24, 2.45) is 5.92 Å². The summed E-state index contributed by atoms with van der Waals surface area (Å²) >= 11 is 5.97. The molecule has 0 bridgehead atoms. The first kappa shape index (κ1) is 30.1. The smallest absolute Gasteiger partial charge is 0.343 e. The maximum absolute atomic E-state index is 14.6. The largest absolute Gasteiger partial charge is 0.462 e. The summed E-state index contributed by atoms with van der Waals surface area (Å²) in [5.74, 6) is -0.984. The molecular weight excluding hydrogens is 521 g/mol. The third kappa shape index (κ3) is 6.38. The topological polar surface area (TPSA) is 57.5 Å². The van der Waals surface area contributed by atoms with Gasteiger partial charge in [0.05, 0.1) is 29.8 Å². The van der Waals surface area contributed by atoms with E-state index in [0.717, 1.165) is 5.56 Å². The van der Waals surface area contributed by atoms with Crippen LogP contribution in [-0.4, -0.2) is 32.1 Å². The summed E-state index contributed by atoms with van der Waals surface area (Å²) in [6.07, 6.45) is 1.87. The zero-order valence-electron chi connectivity index (χ0n) is 23.7. The van der Waals surface area contributed by atoms with E-state index in [1.54, 1.807) is 31.3 Å². The molecule has 8 heteroatoms. The quantitative estimate of drug-likeness (QED) is 0.198. The van der Waals surface area contributed by atoms with Gasteiger partial charge in [0, 0.05) is 18.0 Å². The van der Waals surface area contributed by atoms with Crippen LogP contribution < -0.4 is 5.43 Å².